The number of alkyl halides is 6. The number of nitriles is 1. The van der Waals surface area contributed by atoms with Crippen molar-refractivity contribution in [2.45, 2.75) is 18.5 Å². The van der Waals surface area contributed by atoms with Crippen molar-refractivity contribution in [3.8, 4) is 28.9 Å². The Morgan fingerprint density at radius 1 is 1.09 bits per heavy atom. The van der Waals surface area contributed by atoms with E-state index < -0.39 is 41.6 Å². The average molecular weight is 694 g/mol. The molecule has 0 aliphatic carbocycles. The topological polar surface area (TPSA) is 126 Å². The van der Waals surface area contributed by atoms with E-state index in [1.807, 2.05) is 0 Å². The van der Waals surface area contributed by atoms with Crippen LogP contribution < -0.4 is 15.0 Å². The zero-order valence-corrected chi connectivity index (χ0v) is 25.0. The predicted octanol–water partition coefficient (Wildman–Crippen LogP) is 6.96. The average Bonchev–Trinajstić information content (AvgIpc) is 3.64. The number of anilines is 1. The number of rotatable bonds is 7. The molecule has 3 aromatic carbocycles. The first kappa shape index (κ1) is 33.3. The van der Waals surface area contributed by atoms with Gasteiger partial charge in [0.2, 0.25) is 5.91 Å². The summed E-state index contributed by atoms with van der Waals surface area (Å²) < 4.78 is 83.3. The minimum atomic E-state index is -4.82. The first-order chi connectivity index (χ1) is 22.2. The fourth-order valence-corrected chi connectivity index (χ4v) is 5.37. The molecule has 5 rings (SSSR count). The second kappa shape index (κ2) is 13.3. The second-order valence-electron chi connectivity index (χ2n) is 9.62. The SMILES string of the molecule is N#CC(CNC(=O)N=C1SCC(=O)N1c1cc(Cl)ccc1C(F)(F)F)c1ccc(-c2ncn(-c3ccc(OC(F)(F)F)cc3)n2)cc1. The van der Waals surface area contributed by atoms with Gasteiger partial charge in [0.15, 0.2) is 11.0 Å². The second-order valence-corrected chi connectivity index (χ2v) is 11.0. The van der Waals surface area contributed by atoms with Crippen molar-refractivity contribution in [1.82, 2.24) is 20.1 Å². The molecule has 0 spiro atoms. The largest absolute Gasteiger partial charge is 0.573 e. The Hall–Kier alpha value is -5.08. The maximum Gasteiger partial charge on any atom is 0.573 e. The molecule has 4 aromatic rings. The molecule has 47 heavy (non-hydrogen) atoms. The molecule has 242 valence electrons. The van der Waals surface area contributed by atoms with Crippen LogP contribution in [-0.2, 0) is 11.0 Å². The van der Waals surface area contributed by atoms with E-state index in [1.54, 1.807) is 24.3 Å². The van der Waals surface area contributed by atoms with Crippen molar-refractivity contribution in [1.29, 1.82) is 5.26 Å². The van der Waals surface area contributed by atoms with Crippen molar-refractivity contribution in [2.24, 2.45) is 4.99 Å². The fraction of sp³-hybridized carbons (Fsp3) is 0.172. The Bertz CT molecular complexity index is 1870. The van der Waals surface area contributed by atoms with Gasteiger partial charge in [-0.25, -0.2) is 14.5 Å². The lowest BCUT2D eigenvalue weighted by molar-refractivity contribution is -0.274. The Kier molecular flexibility index (Phi) is 9.45. The van der Waals surface area contributed by atoms with E-state index in [0.29, 0.717) is 21.7 Å². The van der Waals surface area contributed by atoms with Gasteiger partial charge in [-0.3, -0.25) is 9.69 Å². The Morgan fingerprint density at radius 2 is 1.79 bits per heavy atom. The van der Waals surface area contributed by atoms with Gasteiger partial charge < -0.3 is 10.1 Å². The number of aliphatic imine (C=N–C) groups is 1. The van der Waals surface area contributed by atoms with Crippen molar-refractivity contribution in [3.05, 3.63) is 89.2 Å². The predicted molar refractivity (Wildman–Crippen MR) is 159 cm³/mol. The van der Waals surface area contributed by atoms with Crippen molar-refractivity contribution >= 4 is 46.2 Å². The molecule has 1 aliphatic heterocycles. The van der Waals surface area contributed by atoms with Crippen molar-refractivity contribution in [3.63, 3.8) is 0 Å². The van der Waals surface area contributed by atoms with Crippen LogP contribution in [0.2, 0.25) is 5.02 Å². The highest BCUT2D eigenvalue weighted by Gasteiger charge is 2.40. The number of hydrogen-bond donors (Lipinski definition) is 1. The molecule has 1 aromatic heterocycles. The third-order valence-corrected chi connectivity index (χ3v) is 7.64. The number of carbonyl (C=O) groups is 2. The minimum absolute atomic E-state index is 0.0540. The summed E-state index contributed by atoms with van der Waals surface area (Å²) in [6.45, 7) is -0.212. The van der Waals surface area contributed by atoms with E-state index in [1.165, 1.54) is 23.1 Å². The number of nitrogens with one attached hydrogen (secondary N) is 1. The molecule has 1 unspecified atom stereocenters. The Balaban J connectivity index is 1.24. The van der Waals surface area contributed by atoms with Crippen LogP contribution in [0.5, 0.6) is 5.75 Å². The highest BCUT2D eigenvalue weighted by atomic mass is 35.5. The van der Waals surface area contributed by atoms with Gasteiger partial charge in [0, 0.05) is 17.1 Å². The van der Waals surface area contributed by atoms with E-state index in [9.17, 15) is 41.2 Å². The quantitative estimate of drug-likeness (QED) is 0.208. The van der Waals surface area contributed by atoms with Crippen LogP contribution >= 0.6 is 23.4 Å². The summed E-state index contributed by atoms with van der Waals surface area (Å²) in [6, 6.07) is 15.3. The van der Waals surface area contributed by atoms with E-state index in [4.69, 9.17) is 11.6 Å². The van der Waals surface area contributed by atoms with E-state index in [0.717, 1.165) is 42.1 Å². The lowest BCUT2D eigenvalue weighted by atomic mass is 9.99. The lowest BCUT2D eigenvalue weighted by Crippen LogP contribution is -2.33. The first-order valence-electron chi connectivity index (χ1n) is 13.2. The smallest absolute Gasteiger partial charge is 0.406 e. The van der Waals surface area contributed by atoms with Crippen LogP contribution in [0.1, 0.15) is 17.0 Å². The number of halogens is 7. The lowest BCUT2D eigenvalue weighted by Gasteiger charge is -2.21. The molecule has 1 N–H and O–H groups in total. The third kappa shape index (κ3) is 8.02. The van der Waals surface area contributed by atoms with E-state index in [-0.39, 0.29) is 34.1 Å². The number of carbonyl (C=O) groups excluding carboxylic acids is 2. The van der Waals surface area contributed by atoms with Gasteiger partial charge in [-0.1, -0.05) is 47.6 Å². The number of amidine groups is 1. The minimum Gasteiger partial charge on any atom is -0.406 e. The fourth-order valence-electron chi connectivity index (χ4n) is 4.35. The van der Waals surface area contributed by atoms with Crippen LogP contribution in [0.15, 0.2) is 78.0 Å². The number of hydrogen-bond acceptors (Lipinski definition) is 7. The maximum atomic E-state index is 13.6. The molecular formula is C29H18ClF6N7O3S. The molecule has 1 atom stereocenters. The Labute approximate surface area is 270 Å². The molecule has 1 fully saturated rings. The standard InChI is InChI=1S/C29H18ClF6N7O3S/c30-19-5-10-22(28(31,32)33)23(11-19)43-24(44)14-47-27(43)40-26(45)38-13-18(12-37)16-1-3-17(4-2-16)25-39-15-42(41-25)20-6-8-21(9-7-20)46-29(34,35)36/h1-11,15,18H,13-14H2,(H,38,45). The van der Waals surface area contributed by atoms with Gasteiger partial charge in [0.1, 0.15) is 12.1 Å². The number of amides is 3. The molecule has 0 bridgehead atoms. The molecular weight excluding hydrogens is 676 g/mol. The molecule has 2 heterocycles. The third-order valence-electron chi connectivity index (χ3n) is 6.48. The molecule has 10 nitrogen and oxygen atoms in total. The summed E-state index contributed by atoms with van der Waals surface area (Å²) in [5.41, 5.74) is -0.206. The summed E-state index contributed by atoms with van der Waals surface area (Å²) >= 11 is 6.67. The number of ether oxygens (including phenoxy) is 1. The summed E-state index contributed by atoms with van der Waals surface area (Å²) in [4.78, 5) is 33.8. The van der Waals surface area contributed by atoms with Gasteiger partial charge in [0.05, 0.1) is 34.7 Å². The van der Waals surface area contributed by atoms with Gasteiger partial charge in [-0.05, 0) is 48.0 Å². The van der Waals surface area contributed by atoms with Crippen molar-refractivity contribution < 1.29 is 40.7 Å². The van der Waals surface area contributed by atoms with Gasteiger partial charge in [-0.2, -0.15) is 23.4 Å². The summed E-state index contributed by atoms with van der Waals surface area (Å²) in [5.74, 6) is -1.93. The highest BCUT2D eigenvalue weighted by molar-refractivity contribution is 8.15. The van der Waals surface area contributed by atoms with Gasteiger partial charge >= 0.3 is 18.6 Å². The van der Waals surface area contributed by atoms with E-state index in [2.05, 4.69) is 31.2 Å². The number of aromatic nitrogens is 3. The number of urea groups is 1. The summed E-state index contributed by atoms with van der Waals surface area (Å²) in [6.07, 6.45) is -8.26. The number of benzene rings is 3. The van der Waals surface area contributed by atoms with Crippen LogP contribution in [-0.4, -0.2) is 50.5 Å². The van der Waals surface area contributed by atoms with Crippen LogP contribution in [0, 0.1) is 11.3 Å². The monoisotopic (exact) mass is 693 g/mol. The molecule has 1 aliphatic rings. The maximum absolute atomic E-state index is 13.6. The van der Waals surface area contributed by atoms with Gasteiger partial charge in [0.25, 0.3) is 0 Å². The molecule has 18 heteroatoms. The summed E-state index contributed by atoms with van der Waals surface area (Å²) in [7, 11) is 0. The van der Waals surface area contributed by atoms with Crippen LogP contribution in [0.4, 0.5) is 36.8 Å². The zero-order valence-electron chi connectivity index (χ0n) is 23.4. The number of thioether (sulfide) groups is 1. The molecule has 0 radical (unpaired) electrons. The normalized spacial score (nSPS) is 15.1. The van der Waals surface area contributed by atoms with Gasteiger partial charge in [-0.15, -0.1) is 18.3 Å². The molecule has 1 saturated heterocycles. The van der Waals surface area contributed by atoms with Crippen molar-refractivity contribution in [2.75, 3.05) is 17.2 Å². The number of nitrogens with zero attached hydrogens (tertiary/aromatic N) is 6. The van der Waals surface area contributed by atoms with E-state index >= 15 is 0 Å². The van der Waals surface area contributed by atoms with Crippen LogP contribution in [0.25, 0.3) is 17.1 Å². The molecule has 0 saturated carbocycles. The highest BCUT2D eigenvalue weighted by Crippen LogP contribution is 2.40. The zero-order chi connectivity index (χ0) is 33.9. The summed E-state index contributed by atoms with van der Waals surface area (Å²) in [5, 5.41) is 16.1. The first-order valence-corrected chi connectivity index (χ1v) is 14.5. The Morgan fingerprint density at radius 3 is 2.43 bits per heavy atom. The van der Waals surface area contributed by atoms with Crippen LogP contribution in [0.3, 0.4) is 0 Å². The molecule has 3 amide bonds.